The van der Waals surface area contributed by atoms with Crippen LogP contribution in [0.4, 0.5) is 0 Å². The normalized spacial score (nSPS) is 20.7. The first-order chi connectivity index (χ1) is 9.00. The van der Waals surface area contributed by atoms with Crippen LogP contribution in [-0.4, -0.2) is 38.3 Å². The van der Waals surface area contributed by atoms with Gasteiger partial charge < -0.3 is 4.74 Å². The molecule has 4 nitrogen and oxygen atoms in total. The third kappa shape index (κ3) is 2.84. The largest absolute Gasteiger partial charge is 0.495 e. The molecule has 1 atom stereocenters. The molecule has 7 heteroatoms. The van der Waals surface area contributed by atoms with E-state index in [1.807, 2.05) is 0 Å². The van der Waals surface area contributed by atoms with Crippen molar-refractivity contribution in [2.45, 2.75) is 23.8 Å². The quantitative estimate of drug-likeness (QED) is 0.800. The van der Waals surface area contributed by atoms with Crippen molar-refractivity contribution in [3.63, 3.8) is 0 Å². The molecule has 0 radical (unpaired) electrons. The standard InChI is InChI=1S/C12H15Cl2NO3S/c1-18-12-5-4-10(7-11(12)14)19(16,17)15-6-2-3-9(15)8-13/h4-5,7,9H,2-3,6,8H2,1H3/t9-/m0/s1. The second-order valence-electron chi connectivity index (χ2n) is 4.36. The second-order valence-corrected chi connectivity index (χ2v) is 6.97. The number of methoxy groups -OCH3 is 1. The lowest BCUT2D eigenvalue weighted by atomic mass is 10.3. The van der Waals surface area contributed by atoms with Crippen LogP contribution in [-0.2, 0) is 10.0 Å². The van der Waals surface area contributed by atoms with Gasteiger partial charge in [0.25, 0.3) is 0 Å². The van der Waals surface area contributed by atoms with Crippen molar-refractivity contribution in [3.05, 3.63) is 23.2 Å². The fraction of sp³-hybridized carbons (Fsp3) is 0.500. The molecule has 106 valence electrons. The van der Waals surface area contributed by atoms with E-state index in [9.17, 15) is 8.42 Å². The number of halogens is 2. The van der Waals surface area contributed by atoms with Gasteiger partial charge >= 0.3 is 0 Å². The van der Waals surface area contributed by atoms with Gasteiger partial charge in [-0.1, -0.05) is 11.6 Å². The van der Waals surface area contributed by atoms with Crippen LogP contribution in [0.2, 0.25) is 5.02 Å². The molecule has 0 aliphatic carbocycles. The highest BCUT2D eigenvalue weighted by molar-refractivity contribution is 7.89. The molecular formula is C12H15Cl2NO3S. The van der Waals surface area contributed by atoms with E-state index in [0.29, 0.717) is 18.2 Å². The summed E-state index contributed by atoms with van der Waals surface area (Å²) in [6.45, 7) is 0.503. The van der Waals surface area contributed by atoms with Crippen molar-refractivity contribution in [1.29, 1.82) is 0 Å². The van der Waals surface area contributed by atoms with Crippen LogP contribution >= 0.6 is 23.2 Å². The Kier molecular flexibility index (Phi) is 4.61. The van der Waals surface area contributed by atoms with Gasteiger partial charge in [0.1, 0.15) is 5.75 Å². The third-order valence-electron chi connectivity index (χ3n) is 3.23. The van der Waals surface area contributed by atoms with Gasteiger partial charge in [0.05, 0.1) is 17.0 Å². The van der Waals surface area contributed by atoms with Gasteiger partial charge in [-0.2, -0.15) is 4.31 Å². The summed E-state index contributed by atoms with van der Waals surface area (Å²) >= 11 is 11.8. The monoisotopic (exact) mass is 323 g/mol. The molecule has 0 unspecified atom stereocenters. The van der Waals surface area contributed by atoms with E-state index in [1.54, 1.807) is 6.07 Å². The Labute approximate surface area is 123 Å². The van der Waals surface area contributed by atoms with Crippen LogP contribution in [0.5, 0.6) is 5.75 Å². The highest BCUT2D eigenvalue weighted by atomic mass is 35.5. The van der Waals surface area contributed by atoms with E-state index < -0.39 is 10.0 Å². The molecule has 1 saturated heterocycles. The molecule has 0 amide bonds. The lowest BCUT2D eigenvalue weighted by Gasteiger charge is -2.22. The number of benzene rings is 1. The van der Waals surface area contributed by atoms with Crippen molar-refractivity contribution in [1.82, 2.24) is 4.31 Å². The lowest BCUT2D eigenvalue weighted by Crippen LogP contribution is -2.36. The molecule has 19 heavy (non-hydrogen) atoms. The Morgan fingerprint density at radius 2 is 2.21 bits per heavy atom. The maximum Gasteiger partial charge on any atom is 0.243 e. The summed E-state index contributed by atoms with van der Waals surface area (Å²) in [5.41, 5.74) is 0. The predicted octanol–water partition coefficient (Wildman–Crippen LogP) is 2.74. The van der Waals surface area contributed by atoms with E-state index in [2.05, 4.69) is 0 Å². The fourth-order valence-corrected chi connectivity index (χ4v) is 4.67. The summed E-state index contributed by atoms with van der Waals surface area (Å²) < 4.78 is 31.5. The third-order valence-corrected chi connectivity index (χ3v) is 5.83. The maximum atomic E-state index is 12.5. The van der Waals surface area contributed by atoms with Crippen molar-refractivity contribution >= 4 is 33.2 Å². The summed E-state index contributed by atoms with van der Waals surface area (Å²) in [7, 11) is -2.05. The highest BCUT2D eigenvalue weighted by Gasteiger charge is 2.34. The molecule has 0 aromatic heterocycles. The summed E-state index contributed by atoms with van der Waals surface area (Å²) in [6.07, 6.45) is 1.63. The van der Waals surface area contributed by atoms with Crippen molar-refractivity contribution in [2.75, 3.05) is 19.5 Å². The minimum Gasteiger partial charge on any atom is -0.495 e. The number of ether oxygens (including phenoxy) is 1. The van der Waals surface area contributed by atoms with Gasteiger partial charge in [-0.15, -0.1) is 11.6 Å². The molecule has 1 aromatic carbocycles. The van der Waals surface area contributed by atoms with E-state index in [1.165, 1.54) is 23.5 Å². The average Bonchev–Trinajstić information content (AvgIpc) is 2.87. The van der Waals surface area contributed by atoms with Gasteiger partial charge in [-0.05, 0) is 31.0 Å². The average molecular weight is 324 g/mol. The van der Waals surface area contributed by atoms with Gasteiger partial charge in [0.15, 0.2) is 0 Å². The van der Waals surface area contributed by atoms with E-state index in [-0.39, 0.29) is 16.0 Å². The first-order valence-corrected chi connectivity index (χ1v) is 8.27. The van der Waals surface area contributed by atoms with E-state index in [4.69, 9.17) is 27.9 Å². The number of sulfonamides is 1. The summed E-state index contributed by atoms with van der Waals surface area (Å²) in [5.74, 6) is 0.763. The Morgan fingerprint density at radius 1 is 1.47 bits per heavy atom. The van der Waals surface area contributed by atoms with Crippen molar-refractivity contribution in [2.24, 2.45) is 0 Å². The SMILES string of the molecule is COc1ccc(S(=O)(=O)N2CCC[C@H]2CCl)cc1Cl. The summed E-state index contributed by atoms with van der Waals surface area (Å²) in [6, 6.07) is 4.34. The molecule has 0 spiro atoms. The molecular weight excluding hydrogens is 309 g/mol. The van der Waals surface area contributed by atoms with Crippen LogP contribution in [0.15, 0.2) is 23.1 Å². The van der Waals surface area contributed by atoms with Crippen LogP contribution in [0.1, 0.15) is 12.8 Å². The van der Waals surface area contributed by atoms with Crippen LogP contribution in [0.3, 0.4) is 0 Å². The molecule has 2 rings (SSSR count). The zero-order valence-corrected chi connectivity index (χ0v) is 12.8. The van der Waals surface area contributed by atoms with Crippen LogP contribution < -0.4 is 4.74 Å². The highest BCUT2D eigenvalue weighted by Crippen LogP contribution is 2.31. The van der Waals surface area contributed by atoms with E-state index >= 15 is 0 Å². The minimum atomic E-state index is -3.54. The first kappa shape index (κ1) is 14.9. The summed E-state index contributed by atoms with van der Waals surface area (Å²) in [4.78, 5) is 0.176. The fourth-order valence-electron chi connectivity index (χ4n) is 2.22. The van der Waals surface area contributed by atoms with Gasteiger partial charge in [-0.3, -0.25) is 0 Å². The second kappa shape index (κ2) is 5.87. The predicted molar refractivity (Wildman–Crippen MR) is 75.6 cm³/mol. The Balaban J connectivity index is 2.37. The number of nitrogens with zero attached hydrogens (tertiary/aromatic N) is 1. The first-order valence-electron chi connectivity index (χ1n) is 5.92. The number of alkyl halides is 1. The van der Waals surface area contributed by atoms with Gasteiger partial charge in [-0.25, -0.2) is 8.42 Å². The molecule has 0 N–H and O–H groups in total. The molecule has 0 saturated carbocycles. The van der Waals surface area contributed by atoms with Crippen molar-refractivity contribution in [3.8, 4) is 5.75 Å². The Hall–Kier alpha value is -0.490. The van der Waals surface area contributed by atoms with Gasteiger partial charge in [0.2, 0.25) is 10.0 Å². The smallest absolute Gasteiger partial charge is 0.243 e. The topological polar surface area (TPSA) is 46.6 Å². The molecule has 1 fully saturated rings. The van der Waals surface area contributed by atoms with Gasteiger partial charge in [0, 0.05) is 18.5 Å². The molecule has 1 aromatic rings. The Bertz CT molecular complexity index is 562. The number of rotatable bonds is 4. The minimum absolute atomic E-state index is 0.132. The number of hydrogen-bond acceptors (Lipinski definition) is 3. The zero-order chi connectivity index (χ0) is 14.0. The van der Waals surface area contributed by atoms with E-state index in [0.717, 1.165) is 12.8 Å². The molecule has 1 aliphatic heterocycles. The zero-order valence-electron chi connectivity index (χ0n) is 10.5. The molecule has 1 heterocycles. The van der Waals surface area contributed by atoms with Crippen LogP contribution in [0, 0.1) is 0 Å². The summed E-state index contributed by atoms with van der Waals surface area (Å²) in [5, 5.41) is 0.283. The lowest BCUT2D eigenvalue weighted by molar-refractivity contribution is 0.409. The Morgan fingerprint density at radius 3 is 2.79 bits per heavy atom. The molecule has 0 bridgehead atoms. The number of hydrogen-bond donors (Lipinski definition) is 0. The van der Waals surface area contributed by atoms with Crippen molar-refractivity contribution < 1.29 is 13.2 Å². The maximum absolute atomic E-state index is 12.5. The van der Waals surface area contributed by atoms with Crippen LogP contribution in [0.25, 0.3) is 0 Å². The molecule has 1 aliphatic rings.